The van der Waals surface area contributed by atoms with Gasteiger partial charge in [0.25, 0.3) is 0 Å². The summed E-state index contributed by atoms with van der Waals surface area (Å²) in [6.45, 7) is -2.94. The lowest BCUT2D eigenvalue weighted by atomic mass is 10.1. The molecule has 0 N–H and O–H groups in total. The van der Waals surface area contributed by atoms with E-state index < -0.39 is 12.4 Å². The second-order valence-corrected chi connectivity index (χ2v) is 4.12. The lowest BCUT2D eigenvalue weighted by molar-refractivity contribution is -0.0499. The predicted molar refractivity (Wildman–Crippen MR) is 72.8 cm³/mol. The Morgan fingerprint density at radius 2 is 1.71 bits per heavy atom. The van der Waals surface area contributed by atoms with Gasteiger partial charge in [-0.1, -0.05) is 18.2 Å². The van der Waals surface area contributed by atoms with E-state index in [-0.39, 0.29) is 11.5 Å². The standard InChI is InChI=1S/C16H11F3O2/c17-13-8-5-11(6-9-13)14(20)10-7-12-3-1-2-4-15(12)21-16(18)19/h1-10,16H. The number of carbonyl (C=O) groups excluding carboxylic acids is 1. The molecule has 0 unspecified atom stereocenters. The van der Waals surface area contributed by atoms with Crippen LogP contribution in [-0.2, 0) is 0 Å². The molecule has 0 spiro atoms. The van der Waals surface area contributed by atoms with Gasteiger partial charge < -0.3 is 4.74 Å². The lowest BCUT2D eigenvalue weighted by Gasteiger charge is -2.07. The van der Waals surface area contributed by atoms with Crippen LogP contribution in [-0.4, -0.2) is 12.4 Å². The molecule has 0 bridgehead atoms. The Kier molecular flexibility index (Phi) is 4.77. The number of hydrogen-bond acceptors (Lipinski definition) is 2. The van der Waals surface area contributed by atoms with Crippen LogP contribution in [0.1, 0.15) is 15.9 Å². The summed E-state index contributed by atoms with van der Waals surface area (Å²) in [6, 6.07) is 11.2. The topological polar surface area (TPSA) is 26.3 Å². The first kappa shape index (κ1) is 14.8. The van der Waals surface area contributed by atoms with Crippen LogP contribution in [0.3, 0.4) is 0 Å². The maximum Gasteiger partial charge on any atom is 0.387 e. The fraction of sp³-hybridized carbons (Fsp3) is 0.0625. The number of halogens is 3. The van der Waals surface area contributed by atoms with Gasteiger partial charge in [-0.25, -0.2) is 4.39 Å². The van der Waals surface area contributed by atoms with E-state index in [1.54, 1.807) is 18.2 Å². The zero-order chi connectivity index (χ0) is 15.2. The molecule has 2 rings (SSSR count). The molecular weight excluding hydrogens is 281 g/mol. The van der Waals surface area contributed by atoms with Crippen molar-refractivity contribution in [1.29, 1.82) is 0 Å². The van der Waals surface area contributed by atoms with E-state index in [0.717, 1.165) is 0 Å². The Hall–Kier alpha value is -2.56. The first-order valence-corrected chi connectivity index (χ1v) is 6.08. The molecule has 0 aliphatic rings. The SMILES string of the molecule is O=C(C=Cc1ccccc1OC(F)F)c1ccc(F)cc1. The zero-order valence-electron chi connectivity index (χ0n) is 10.8. The van der Waals surface area contributed by atoms with E-state index in [9.17, 15) is 18.0 Å². The van der Waals surface area contributed by atoms with E-state index in [1.165, 1.54) is 42.5 Å². The van der Waals surface area contributed by atoms with Crippen molar-refractivity contribution >= 4 is 11.9 Å². The monoisotopic (exact) mass is 292 g/mol. The van der Waals surface area contributed by atoms with Gasteiger partial charge in [0, 0.05) is 11.1 Å². The van der Waals surface area contributed by atoms with Crippen LogP contribution in [0.25, 0.3) is 6.08 Å². The van der Waals surface area contributed by atoms with Gasteiger partial charge in [0.15, 0.2) is 5.78 Å². The smallest absolute Gasteiger partial charge is 0.387 e. The summed E-state index contributed by atoms with van der Waals surface area (Å²) in [5.74, 6) is -0.816. The van der Waals surface area contributed by atoms with Crippen LogP contribution in [0.2, 0.25) is 0 Å². The third-order valence-corrected chi connectivity index (χ3v) is 2.68. The third kappa shape index (κ3) is 4.21. The van der Waals surface area contributed by atoms with Gasteiger partial charge in [-0.05, 0) is 42.5 Å². The second-order valence-electron chi connectivity index (χ2n) is 4.12. The summed E-state index contributed by atoms with van der Waals surface area (Å²) in [7, 11) is 0. The minimum Gasteiger partial charge on any atom is -0.434 e. The summed E-state index contributed by atoms with van der Waals surface area (Å²) in [5.41, 5.74) is 0.660. The fourth-order valence-electron chi connectivity index (χ4n) is 1.70. The van der Waals surface area contributed by atoms with Gasteiger partial charge in [-0.2, -0.15) is 8.78 Å². The molecule has 0 saturated heterocycles. The van der Waals surface area contributed by atoms with Crippen molar-refractivity contribution in [2.24, 2.45) is 0 Å². The minimum absolute atomic E-state index is 0.0179. The molecule has 21 heavy (non-hydrogen) atoms. The summed E-state index contributed by atoms with van der Waals surface area (Å²) in [5, 5.41) is 0. The van der Waals surface area contributed by atoms with Crippen LogP contribution >= 0.6 is 0 Å². The second kappa shape index (κ2) is 6.74. The van der Waals surface area contributed by atoms with Gasteiger partial charge in [0.05, 0.1) is 0 Å². The first-order chi connectivity index (χ1) is 10.1. The average molecular weight is 292 g/mol. The van der Waals surface area contributed by atoms with Crippen LogP contribution in [0.15, 0.2) is 54.6 Å². The van der Waals surface area contributed by atoms with Crippen molar-refractivity contribution in [3.63, 3.8) is 0 Å². The number of para-hydroxylation sites is 1. The van der Waals surface area contributed by atoms with Crippen molar-refractivity contribution in [3.8, 4) is 5.75 Å². The van der Waals surface area contributed by atoms with Gasteiger partial charge in [0.2, 0.25) is 0 Å². The zero-order valence-corrected chi connectivity index (χ0v) is 10.8. The Labute approximate surface area is 119 Å². The number of alkyl halides is 2. The Morgan fingerprint density at radius 1 is 1.05 bits per heavy atom. The number of ether oxygens (including phenoxy) is 1. The Balaban J connectivity index is 2.17. The van der Waals surface area contributed by atoms with Crippen molar-refractivity contribution in [3.05, 3.63) is 71.6 Å². The third-order valence-electron chi connectivity index (χ3n) is 2.68. The molecule has 0 saturated carbocycles. The normalized spacial score (nSPS) is 11.0. The highest BCUT2D eigenvalue weighted by Crippen LogP contribution is 2.21. The maximum atomic E-state index is 12.8. The van der Waals surface area contributed by atoms with Gasteiger partial charge in [-0.3, -0.25) is 4.79 Å². The van der Waals surface area contributed by atoms with Crippen LogP contribution in [0.4, 0.5) is 13.2 Å². The highest BCUT2D eigenvalue weighted by molar-refractivity contribution is 6.06. The number of carbonyl (C=O) groups is 1. The molecule has 0 aliphatic heterocycles. The van der Waals surface area contributed by atoms with E-state index in [4.69, 9.17) is 0 Å². The molecule has 0 heterocycles. The van der Waals surface area contributed by atoms with Crippen LogP contribution < -0.4 is 4.74 Å². The predicted octanol–water partition coefficient (Wildman–Crippen LogP) is 4.32. The number of allylic oxidation sites excluding steroid dienone is 1. The van der Waals surface area contributed by atoms with Gasteiger partial charge in [-0.15, -0.1) is 0 Å². The molecule has 5 heteroatoms. The first-order valence-electron chi connectivity index (χ1n) is 6.08. The molecule has 2 aromatic carbocycles. The van der Waals surface area contributed by atoms with Crippen LogP contribution in [0.5, 0.6) is 5.75 Å². The molecule has 2 aromatic rings. The number of hydrogen-bond donors (Lipinski definition) is 0. The number of rotatable bonds is 5. The summed E-state index contributed by atoms with van der Waals surface area (Å²) in [6.07, 6.45) is 2.60. The van der Waals surface area contributed by atoms with Crippen LogP contribution in [0, 0.1) is 5.82 Å². The highest BCUT2D eigenvalue weighted by atomic mass is 19.3. The van der Waals surface area contributed by atoms with Crippen molar-refractivity contribution < 1.29 is 22.7 Å². The molecular formula is C16H11F3O2. The molecule has 2 nitrogen and oxygen atoms in total. The van der Waals surface area contributed by atoms with E-state index in [0.29, 0.717) is 11.1 Å². The largest absolute Gasteiger partial charge is 0.434 e. The van der Waals surface area contributed by atoms with E-state index in [1.807, 2.05) is 0 Å². The molecule has 0 amide bonds. The maximum absolute atomic E-state index is 12.8. The van der Waals surface area contributed by atoms with E-state index >= 15 is 0 Å². The van der Waals surface area contributed by atoms with Crippen molar-refractivity contribution in [1.82, 2.24) is 0 Å². The molecule has 0 fully saturated rings. The molecule has 0 atom stereocenters. The van der Waals surface area contributed by atoms with Crippen molar-refractivity contribution in [2.45, 2.75) is 6.61 Å². The highest BCUT2D eigenvalue weighted by Gasteiger charge is 2.08. The lowest BCUT2D eigenvalue weighted by Crippen LogP contribution is -2.03. The molecule has 0 aliphatic carbocycles. The average Bonchev–Trinajstić information content (AvgIpc) is 2.46. The Morgan fingerprint density at radius 3 is 2.38 bits per heavy atom. The fourth-order valence-corrected chi connectivity index (χ4v) is 1.70. The van der Waals surface area contributed by atoms with Gasteiger partial charge in [0.1, 0.15) is 11.6 Å². The molecule has 0 radical (unpaired) electrons. The van der Waals surface area contributed by atoms with Gasteiger partial charge >= 0.3 is 6.61 Å². The molecule has 0 aromatic heterocycles. The quantitative estimate of drug-likeness (QED) is 0.606. The van der Waals surface area contributed by atoms with E-state index in [2.05, 4.69) is 4.74 Å². The number of ketones is 1. The Bertz CT molecular complexity index is 649. The summed E-state index contributed by atoms with van der Waals surface area (Å²) >= 11 is 0. The number of benzene rings is 2. The molecule has 108 valence electrons. The summed E-state index contributed by atoms with van der Waals surface area (Å²) in [4.78, 5) is 11.9. The summed E-state index contributed by atoms with van der Waals surface area (Å²) < 4.78 is 41.6. The minimum atomic E-state index is -2.94. The van der Waals surface area contributed by atoms with Crippen molar-refractivity contribution in [2.75, 3.05) is 0 Å².